The smallest absolute Gasteiger partial charge is 0.345 e. The molecule has 160 valence electrons. The Balaban J connectivity index is 1.43. The summed E-state index contributed by atoms with van der Waals surface area (Å²) in [6.45, 7) is 4.66. The molecule has 0 saturated carbocycles. The summed E-state index contributed by atoms with van der Waals surface area (Å²) in [7, 11) is 1.61. The number of nitrogens with zero attached hydrogens (tertiary/aromatic N) is 5. The Kier molecular flexibility index (Phi) is 6.14. The van der Waals surface area contributed by atoms with E-state index in [2.05, 4.69) is 15.3 Å². The molecule has 1 aliphatic heterocycles. The van der Waals surface area contributed by atoms with Crippen LogP contribution in [0, 0.1) is 0 Å². The number of methoxy groups -OCH3 is 1. The third-order valence-corrected chi connectivity index (χ3v) is 6.41. The van der Waals surface area contributed by atoms with E-state index < -0.39 is 0 Å². The molecule has 0 aromatic carbocycles. The van der Waals surface area contributed by atoms with Gasteiger partial charge in [-0.25, -0.2) is 9.48 Å². The highest BCUT2D eigenvalue weighted by Crippen LogP contribution is 2.28. The minimum absolute atomic E-state index is 0.0639. The molecule has 1 amide bonds. The van der Waals surface area contributed by atoms with Crippen LogP contribution in [0.15, 0.2) is 28.4 Å². The van der Waals surface area contributed by atoms with Crippen LogP contribution < -0.4 is 5.69 Å². The Hall–Kier alpha value is -2.72. The van der Waals surface area contributed by atoms with Crippen LogP contribution in [-0.2, 0) is 17.8 Å². The first-order valence-corrected chi connectivity index (χ1v) is 11.0. The molecule has 0 spiro atoms. The number of likely N-dealkylation sites (tertiary alicyclic amines) is 1. The standard InChI is InChI=1S/C20H26N6O3S/c1-3-25-18(23-26(20(25)28)10-11-29-2)14-6-8-24(9-7-14)19(27)16-13-15(21-22-16)17-5-4-12-30-17/h4-5,12-14H,3,6-11H2,1-2H3,(H,21,22). The van der Waals surface area contributed by atoms with E-state index >= 15 is 0 Å². The van der Waals surface area contributed by atoms with Crippen molar-refractivity contribution in [3.8, 4) is 10.6 Å². The fraction of sp³-hybridized carbons (Fsp3) is 0.500. The van der Waals surface area contributed by atoms with Crippen molar-refractivity contribution in [1.29, 1.82) is 0 Å². The van der Waals surface area contributed by atoms with Crippen molar-refractivity contribution >= 4 is 17.2 Å². The van der Waals surface area contributed by atoms with Crippen molar-refractivity contribution in [2.75, 3.05) is 26.8 Å². The number of piperidine rings is 1. The van der Waals surface area contributed by atoms with Gasteiger partial charge in [0.05, 0.1) is 23.7 Å². The van der Waals surface area contributed by atoms with E-state index in [0.717, 1.165) is 29.2 Å². The van der Waals surface area contributed by atoms with Gasteiger partial charge in [-0.1, -0.05) is 6.07 Å². The van der Waals surface area contributed by atoms with Crippen LogP contribution in [0.5, 0.6) is 0 Å². The maximum atomic E-state index is 12.9. The number of H-pyrrole nitrogens is 1. The van der Waals surface area contributed by atoms with Gasteiger partial charge in [-0.15, -0.1) is 11.3 Å². The summed E-state index contributed by atoms with van der Waals surface area (Å²) < 4.78 is 8.29. The van der Waals surface area contributed by atoms with Crippen LogP contribution in [0.2, 0.25) is 0 Å². The zero-order valence-electron chi connectivity index (χ0n) is 17.2. The molecule has 4 heterocycles. The Bertz CT molecular complexity index is 1040. The van der Waals surface area contributed by atoms with Gasteiger partial charge in [0.1, 0.15) is 5.82 Å². The fourth-order valence-electron chi connectivity index (χ4n) is 3.87. The van der Waals surface area contributed by atoms with Crippen LogP contribution in [0.4, 0.5) is 0 Å². The number of carbonyl (C=O) groups is 1. The maximum Gasteiger partial charge on any atom is 0.345 e. The highest BCUT2D eigenvalue weighted by Gasteiger charge is 2.29. The normalized spacial score (nSPS) is 15.1. The second-order valence-corrected chi connectivity index (χ2v) is 8.26. The van der Waals surface area contributed by atoms with Crippen LogP contribution in [0.1, 0.15) is 42.0 Å². The number of carbonyl (C=O) groups excluding carboxylic acids is 1. The Labute approximate surface area is 178 Å². The molecule has 1 fully saturated rings. The third-order valence-electron chi connectivity index (χ3n) is 5.51. The predicted octanol–water partition coefficient (Wildman–Crippen LogP) is 2.18. The summed E-state index contributed by atoms with van der Waals surface area (Å²) in [5.74, 6) is 0.905. The maximum absolute atomic E-state index is 12.9. The molecule has 0 aliphatic carbocycles. The van der Waals surface area contributed by atoms with Gasteiger partial charge >= 0.3 is 5.69 Å². The quantitative estimate of drug-likeness (QED) is 0.620. The third kappa shape index (κ3) is 3.97. The summed E-state index contributed by atoms with van der Waals surface area (Å²) in [5.41, 5.74) is 1.20. The molecule has 0 atom stereocenters. The lowest BCUT2D eigenvalue weighted by Crippen LogP contribution is -2.38. The number of rotatable bonds is 7. The largest absolute Gasteiger partial charge is 0.383 e. The van der Waals surface area contributed by atoms with Crippen LogP contribution in [0.25, 0.3) is 10.6 Å². The molecular weight excluding hydrogens is 404 g/mol. The molecular formula is C20H26N6O3S. The minimum atomic E-state index is -0.0966. The van der Waals surface area contributed by atoms with Crippen molar-refractivity contribution in [1.82, 2.24) is 29.4 Å². The molecule has 1 N–H and O–H groups in total. The van der Waals surface area contributed by atoms with Crippen molar-refractivity contribution in [2.24, 2.45) is 0 Å². The number of aromatic nitrogens is 5. The Morgan fingerprint density at radius 2 is 2.17 bits per heavy atom. The van der Waals surface area contributed by atoms with E-state index in [1.165, 1.54) is 4.68 Å². The monoisotopic (exact) mass is 430 g/mol. The summed E-state index contributed by atoms with van der Waals surface area (Å²) in [4.78, 5) is 28.3. The number of hydrogen-bond acceptors (Lipinski definition) is 6. The van der Waals surface area contributed by atoms with Gasteiger partial charge < -0.3 is 9.64 Å². The Morgan fingerprint density at radius 3 is 2.83 bits per heavy atom. The molecule has 3 aromatic rings. The first kappa shape index (κ1) is 20.5. The van der Waals surface area contributed by atoms with Crippen molar-refractivity contribution in [3.63, 3.8) is 0 Å². The topological polar surface area (TPSA) is 98.0 Å². The summed E-state index contributed by atoms with van der Waals surface area (Å²) in [5, 5.41) is 13.7. The lowest BCUT2D eigenvalue weighted by Gasteiger charge is -2.31. The zero-order valence-corrected chi connectivity index (χ0v) is 18.0. The van der Waals surface area contributed by atoms with E-state index in [-0.39, 0.29) is 17.5 Å². The molecule has 3 aromatic heterocycles. The Morgan fingerprint density at radius 1 is 1.37 bits per heavy atom. The highest BCUT2D eigenvalue weighted by atomic mass is 32.1. The molecule has 1 aliphatic rings. The van der Waals surface area contributed by atoms with Gasteiger partial charge in [-0.05, 0) is 37.3 Å². The zero-order chi connectivity index (χ0) is 21.1. The number of thiophene rings is 1. The molecule has 4 rings (SSSR count). The SMILES string of the molecule is CCn1c(C2CCN(C(=O)c3cc(-c4cccs4)[nH]n3)CC2)nn(CCOC)c1=O. The number of nitrogens with one attached hydrogen (secondary N) is 1. The summed E-state index contributed by atoms with van der Waals surface area (Å²) in [6.07, 6.45) is 1.54. The van der Waals surface area contributed by atoms with Gasteiger partial charge in [0.25, 0.3) is 5.91 Å². The second kappa shape index (κ2) is 8.97. The lowest BCUT2D eigenvalue weighted by molar-refractivity contribution is 0.0704. The van der Waals surface area contributed by atoms with Gasteiger partial charge in [-0.2, -0.15) is 10.2 Å². The molecule has 10 heteroatoms. The van der Waals surface area contributed by atoms with Crippen molar-refractivity contribution < 1.29 is 9.53 Å². The highest BCUT2D eigenvalue weighted by molar-refractivity contribution is 7.13. The fourth-order valence-corrected chi connectivity index (χ4v) is 4.56. The average Bonchev–Trinajstić information content (AvgIpc) is 3.52. The van der Waals surface area contributed by atoms with Gasteiger partial charge in [0.15, 0.2) is 5.69 Å². The van der Waals surface area contributed by atoms with Gasteiger partial charge in [-0.3, -0.25) is 14.5 Å². The number of ether oxygens (including phenoxy) is 1. The first-order chi connectivity index (χ1) is 14.6. The molecule has 0 bridgehead atoms. The van der Waals surface area contributed by atoms with E-state index in [1.54, 1.807) is 23.0 Å². The van der Waals surface area contributed by atoms with E-state index in [9.17, 15) is 9.59 Å². The number of aromatic amines is 1. The molecule has 30 heavy (non-hydrogen) atoms. The second-order valence-electron chi connectivity index (χ2n) is 7.31. The van der Waals surface area contributed by atoms with E-state index in [0.29, 0.717) is 38.5 Å². The molecule has 1 saturated heterocycles. The minimum Gasteiger partial charge on any atom is -0.383 e. The van der Waals surface area contributed by atoms with E-state index in [1.807, 2.05) is 35.4 Å². The summed E-state index contributed by atoms with van der Waals surface area (Å²) >= 11 is 1.61. The van der Waals surface area contributed by atoms with E-state index in [4.69, 9.17) is 4.74 Å². The number of amides is 1. The molecule has 0 radical (unpaired) electrons. The van der Waals surface area contributed by atoms with Crippen molar-refractivity contribution in [2.45, 2.75) is 38.8 Å². The van der Waals surface area contributed by atoms with Gasteiger partial charge in [0, 0.05) is 32.7 Å². The van der Waals surface area contributed by atoms with Crippen LogP contribution in [-0.4, -0.2) is 62.2 Å². The van der Waals surface area contributed by atoms with Crippen LogP contribution in [0.3, 0.4) is 0 Å². The lowest BCUT2D eigenvalue weighted by atomic mass is 9.95. The average molecular weight is 431 g/mol. The number of hydrogen-bond donors (Lipinski definition) is 1. The first-order valence-electron chi connectivity index (χ1n) is 10.2. The summed E-state index contributed by atoms with van der Waals surface area (Å²) in [6, 6.07) is 5.78. The van der Waals surface area contributed by atoms with Gasteiger partial charge in [0.2, 0.25) is 0 Å². The molecule has 9 nitrogen and oxygen atoms in total. The predicted molar refractivity (Wildman–Crippen MR) is 114 cm³/mol. The molecule has 0 unspecified atom stereocenters. The van der Waals surface area contributed by atoms with Crippen LogP contribution >= 0.6 is 11.3 Å². The van der Waals surface area contributed by atoms with Crippen molar-refractivity contribution in [3.05, 3.63) is 45.6 Å².